The Morgan fingerprint density at radius 1 is 1.18 bits per heavy atom. The van der Waals surface area contributed by atoms with Crippen LogP contribution in [0.15, 0.2) is 36.8 Å². The number of anilines is 1. The molecule has 7 heteroatoms. The van der Waals surface area contributed by atoms with E-state index >= 15 is 0 Å². The van der Waals surface area contributed by atoms with Gasteiger partial charge < -0.3 is 19.2 Å². The highest BCUT2D eigenvalue weighted by molar-refractivity contribution is 5.95. The number of H-pyrrole nitrogens is 1. The smallest absolute Gasteiger partial charge is 0.164 e. The number of fused-ring (bicyclic) bond motifs is 2. The first-order valence-corrected chi connectivity index (χ1v) is 9.79. The normalized spacial score (nSPS) is 17.9. The molecule has 0 aliphatic carbocycles. The molecule has 1 aliphatic rings. The highest BCUT2D eigenvalue weighted by Crippen LogP contribution is 2.33. The van der Waals surface area contributed by atoms with Crippen molar-refractivity contribution in [2.75, 3.05) is 24.7 Å². The second-order valence-corrected chi connectivity index (χ2v) is 7.64. The molecule has 4 aromatic heterocycles. The van der Waals surface area contributed by atoms with Gasteiger partial charge in [-0.2, -0.15) is 0 Å². The lowest BCUT2D eigenvalue weighted by molar-refractivity contribution is 0.0987. The van der Waals surface area contributed by atoms with E-state index in [0.717, 1.165) is 45.8 Å². The number of ether oxygens (including phenoxy) is 1. The molecule has 0 bridgehead atoms. The Labute approximate surface area is 163 Å². The molecule has 0 amide bonds. The quantitative estimate of drug-likeness (QED) is 0.589. The summed E-state index contributed by atoms with van der Waals surface area (Å²) < 4.78 is 7.86. The van der Waals surface area contributed by atoms with Gasteiger partial charge in [-0.1, -0.05) is 0 Å². The number of hydrogen-bond acceptors (Lipinski definition) is 5. The van der Waals surface area contributed by atoms with Gasteiger partial charge in [0, 0.05) is 42.1 Å². The zero-order valence-electron chi connectivity index (χ0n) is 16.4. The minimum Gasteiger partial charge on any atom is -0.377 e. The Kier molecular flexibility index (Phi) is 4.05. The Hall–Kier alpha value is -2.93. The molecule has 0 spiro atoms. The maximum atomic E-state index is 5.65. The Balaban J connectivity index is 1.78. The molecule has 4 aromatic rings. The third kappa shape index (κ3) is 2.65. The SMILES string of the molecule is CC(C)n1ccc2c(N3CCOC[C@H]3C)nc(-c3ccnc4[nH]ccc34)nc21. The average molecular weight is 376 g/mol. The number of aromatic nitrogens is 5. The number of pyridine rings is 1. The van der Waals surface area contributed by atoms with Crippen LogP contribution in [0.25, 0.3) is 33.5 Å². The summed E-state index contributed by atoms with van der Waals surface area (Å²) in [6.45, 7) is 8.79. The predicted octanol–water partition coefficient (Wildman–Crippen LogP) is 3.78. The summed E-state index contributed by atoms with van der Waals surface area (Å²) in [5.74, 6) is 1.71. The van der Waals surface area contributed by atoms with Gasteiger partial charge in [0.1, 0.15) is 17.1 Å². The van der Waals surface area contributed by atoms with Gasteiger partial charge in [0.05, 0.1) is 24.6 Å². The predicted molar refractivity (Wildman–Crippen MR) is 111 cm³/mol. The topological polar surface area (TPSA) is 71.9 Å². The van der Waals surface area contributed by atoms with Crippen LogP contribution >= 0.6 is 0 Å². The molecular weight excluding hydrogens is 352 g/mol. The summed E-state index contributed by atoms with van der Waals surface area (Å²) in [7, 11) is 0. The molecule has 5 rings (SSSR count). The monoisotopic (exact) mass is 376 g/mol. The molecule has 144 valence electrons. The van der Waals surface area contributed by atoms with E-state index in [1.807, 2.05) is 18.3 Å². The van der Waals surface area contributed by atoms with Crippen molar-refractivity contribution >= 4 is 27.9 Å². The van der Waals surface area contributed by atoms with E-state index in [4.69, 9.17) is 14.7 Å². The standard InChI is InChI=1S/C21H24N6O/c1-13(2)26-9-6-17-20(26)24-19(16-5-8-23-18-15(16)4-7-22-18)25-21(17)27-10-11-28-12-14(27)3/h4-9,13-14H,10-12H2,1-3H3,(H,22,23)/t14-/m1/s1. The van der Waals surface area contributed by atoms with E-state index in [2.05, 4.69) is 52.5 Å². The van der Waals surface area contributed by atoms with Crippen LogP contribution in [0.2, 0.25) is 0 Å². The molecule has 0 aromatic carbocycles. The molecule has 28 heavy (non-hydrogen) atoms. The highest BCUT2D eigenvalue weighted by atomic mass is 16.5. The maximum absolute atomic E-state index is 5.65. The van der Waals surface area contributed by atoms with Gasteiger partial charge in [-0.25, -0.2) is 15.0 Å². The first-order chi connectivity index (χ1) is 13.6. The lowest BCUT2D eigenvalue weighted by Gasteiger charge is -2.34. The summed E-state index contributed by atoms with van der Waals surface area (Å²) in [4.78, 5) is 20.0. The highest BCUT2D eigenvalue weighted by Gasteiger charge is 2.25. The fourth-order valence-corrected chi connectivity index (χ4v) is 3.97. The zero-order valence-corrected chi connectivity index (χ0v) is 16.4. The van der Waals surface area contributed by atoms with Gasteiger partial charge in [-0.05, 0) is 39.0 Å². The lowest BCUT2D eigenvalue weighted by atomic mass is 10.1. The minimum atomic E-state index is 0.270. The zero-order chi connectivity index (χ0) is 19.3. The number of hydrogen-bond donors (Lipinski definition) is 1. The van der Waals surface area contributed by atoms with Crippen molar-refractivity contribution in [1.29, 1.82) is 0 Å². The molecule has 5 heterocycles. The van der Waals surface area contributed by atoms with Crippen molar-refractivity contribution in [2.45, 2.75) is 32.9 Å². The molecule has 1 saturated heterocycles. The molecule has 0 unspecified atom stereocenters. The van der Waals surface area contributed by atoms with Crippen LogP contribution in [-0.4, -0.2) is 50.3 Å². The van der Waals surface area contributed by atoms with Crippen LogP contribution in [0.5, 0.6) is 0 Å². The van der Waals surface area contributed by atoms with Crippen LogP contribution < -0.4 is 4.90 Å². The van der Waals surface area contributed by atoms with Gasteiger partial charge in [-0.15, -0.1) is 0 Å². The summed E-state index contributed by atoms with van der Waals surface area (Å²) in [6, 6.07) is 6.75. The number of rotatable bonds is 3. The van der Waals surface area contributed by atoms with Crippen molar-refractivity contribution in [3.8, 4) is 11.4 Å². The molecule has 1 N–H and O–H groups in total. The fourth-order valence-electron chi connectivity index (χ4n) is 3.97. The van der Waals surface area contributed by atoms with Crippen molar-refractivity contribution in [2.24, 2.45) is 0 Å². The minimum absolute atomic E-state index is 0.270. The third-order valence-electron chi connectivity index (χ3n) is 5.45. The van der Waals surface area contributed by atoms with Crippen LogP contribution in [0.1, 0.15) is 26.8 Å². The van der Waals surface area contributed by atoms with Gasteiger partial charge >= 0.3 is 0 Å². The first-order valence-electron chi connectivity index (χ1n) is 9.79. The number of nitrogens with one attached hydrogen (secondary N) is 1. The molecule has 0 saturated carbocycles. The van der Waals surface area contributed by atoms with Crippen LogP contribution in [-0.2, 0) is 4.74 Å². The van der Waals surface area contributed by atoms with E-state index in [1.54, 1.807) is 6.20 Å². The van der Waals surface area contributed by atoms with Crippen molar-refractivity contribution < 1.29 is 4.74 Å². The van der Waals surface area contributed by atoms with Gasteiger partial charge in [0.2, 0.25) is 0 Å². The van der Waals surface area contributed by atoms with Crippen LogP contribution in [0.4, 0.5) is 5.82 Å². The molecule has 0 radical (unpaired) electrons. The summed E-state index contributed by atoms with van der Waals surface area (Å²) in [5.41, 5.74) is 2.81. The molecule has 1 atom stereocenters. The average Bonchev–Trinajstić information content (AvgIpc) is 3.34. The Morgan fingerprint density at radius 2 is 2.07 bits per heavy atom. The molecule has 7 nitrogen and oxygen atoms in total. The van der Waals surface area contributed by atoms with E-state index in [9.17, 15) is 0 Å². The van der Waals surface area contributed by atoms with Crippen molar-refractivity contribution in [1.82, 2.24) is 24.5 Å². The Bertz CT molecular complexity index is 1140. The second kappa shape index (κ2) is 6.60. The molecular formula is C21H24N6O. The van der Waals surface area contributed by atoms with Gasteiger partial charge in [0.25, 0.3) is 0 Å². The second-order valence-electron chi connectivity index (χ2n) is 7.64. The molecule has 1 fully saturated rings. The number of aromatic amines is 1. The van der Waals surface area contributed by atoms with E-state index < -0.39 is 0 Å². The van der Waals surface area contributed by atoms with E-state index in [0.29, 0.717) is 19.3 Å². The molecule has 1 aliphatic heterocycles. The largest absolute Gasteiger partial charge is 0.377 e. The summed E-state index contributed by atoms with van der Waals surface area (Å²) >= 11 is 0. The van der Waals surface area contributed by atoms with Crippen molar-refractivity contribution in [3.63, 3.8) is 0 Å². The van der Waals surface area contributed by atoms with Crippen LogP contribution in [0, 0.1) is 0 Å². The van der Waals surface area contributed by atoms with Crippen LogP contribution in [0.3, 0.4) is 0 Å². The third-order valence-corrected chi connectivity index (χ3v) is 5.45. The van der Waals surface area contributed by atoms with E-state index in [1.165, 1.54) is 0 Å². The van der Waals surface area contributed by atoms with E-state index in [-0.39, 0.29) is 6.04 Å². The fraction of sp³-hybridized carbons (Fsp3) is 0.381. The number of nitrogens with zero attached hydrogens (tertiary/aromatic N) is 5. The maximum Gasteiger partial charge on any atom is 0.164 e. The summed E-state index contributed by atoms with van der Waals surface area (Å²) in [5, 5.41) is 2.12. The Morgan fingerprint density at radius 3 is 2.89 bits per heavy atom. The summed E-state index contributed by atoms with van der Waals surface area (Å²) in [6.07, 6.45) is 5.82. The van der Waals surface area contributed by atoms with Gasteiger partial charge in [0.15, 0.2) is 5.82 Å². The van der Waals surface area contributed by atoms with Crippen molar-refractivity contribution in [3.05, 3.63) is 36.8 Å². The number of morpholine rings is 1. The first kappa shape index (κ1) is 17.2. The van der Waals surface area contributed by atoms with Gasteiger partial charge in [-0.3, -0.25) is 0 Å². The lowest BCUT2D eigenvalue weighted by Crippen LogP contribution is -2.44.